The van der Waals surface area contributed by atoms with Gasteiger partial charge < -0.3 is 4.74 Å². The molecule has 0 bridgehead atoms. The van der Waals surface area contributed by atoms with Crippen molar-refractivity contribution in [1.82, 2.24) is 0 Å². The fourth-order valence-electron chi connectivity index (χ4n) is 2.53. The second-order valence-electron chi connectivity index (χ2n) is 5.31. The standard InChI is InChI=1S/C21H15NO2/c22-15-16-11-13-19(14-12-16)24-21(23)20(17-7-3-1-4-8-17)18-9-5-2-6-10-18/h1-14,20H. The molecule has 0 spiro atoms. The third-order valence-electron chi connectivity index (χ3n) is 3.70. The molecule has 0 radical (unpaired) electrons. The number of hydrogen-bond donors (Lipinski definition) is 0. The molecule has 0 aromatic heterocycles. The van der Waals surface area contributed by atoms with Crippen LogP contribution in [0, 0.1) is 11.3 Å². The van der Waals surface area contributed by atoms with Gasteiger partial charge in [-0.3, -0.25) is 4.79 Å². The van der Waals surface area contributed by atoms with Gasteiger partial charge in [0.2, 0.25) is 0 Å². The Kier molecular flexibility index (Phi) is 4.69. The summed E-state index contributed by atoms with van der Waals surface area (Å²) < 4.78 is 5.54. The fourth-order valence-corrected chi connectivity index (χ4v) is 2.53. The van der Waals surface area contributed by atoms with Crippen molar-refractivity contribution in [3.63, 3.8) is 0 Å². The lowest BCUT2D eigenvalue weighted by Crippen LogP contribution is -2.20. The number of carbonyl (C=O) groups excluding carboxylic acids is 1. The third kappa shape index (κ3) is 3.50. The summed E-state index contributed by atoms with van der Waals surface area (Å²) >= 11 is 0. The third-order valence-corrected chi connectivity index (χ3v) is 3.70. The van der Waals surface area contributed by atoms with E-state index in [0.717, 1.165) is 11.1 Å². The Bertz CT molecular complexity index is 810. The number of rotatable bonds is 4. The summed E-state index contributed by atoms with van der Waals surface area (Å²) in [5.41, 5.74) is 2.28. The largest absolute Gasteiger partial charge is 0.426 e. The molecule has 0 N–H and O–H groups in total. The zero-order valence-electron chi connectivity index (χ0n) is 12.9. The first-order valence-electron chi connectivity index (χ1n) is 7.59. The van der Waals surface area contributed by atoms with Crippen molar-refractivity contribution in [2.45, 2.75) is 5.92 Å². The Labute approximate surface area is 140 Å². The van der Waals surface area contributed by atoms with Crippen LogP contribution in [0.25, 0.3) is 0 Å². The normalized spacial score (nSPS) is 10.2. The Morgan fingerprint density at radius 1 is 0.792 bits per heavy atom. The van der Waals surface area contributed by atoms with E-state index in [2.05, 4.69) is 0 Å². The molecule has 3 rings (SSSR count). The van der Waals surface area contributed by atoms with Gasteiger partial charge in [-0.25, -0.2) is 0 Å². The van der Waals surface area contributed by atoms with Crippen molar-refractivity contribution in [1.29, 1.82) is 5.26 Å². The van der Waals surface area contributed by atoms with Crippen LogP contribution in [0.15, 0.2) is 84.9 Å². The smallest absolute Gasteiger partial charge is 0.323 e. The first kappa shape index (κ1) is 15.5. The predicted molar refractivity (Wildman–Crippen MR) is 91.5 cm³/mol. The monoisotopic (exact) mass is 313 g/mol. The predicted octanol–water partition coefficient (Wildman–Crippen LogP) is 4.30. The Morgan fingerprint density at radius 3 is 1.75 bits per heavy atom. The molecule has 0 saturated carbocycles. The molecular formula is C21H15NO2. The Hall–Kier alpha value is -3.38. The molecule has 0 aliphatic carbocycles. The first-order chi connectivity index (χ1) is 11.8. The summed E-state index contributed by atoms with van der Waals surface area (Å²) in [5, 5.41) is 8.84. The van der Waals surface area contributed by atoms with Crippen LogP contribution in [0.3, 0.4) is 0 Å². The van der Waals surface area contributed by atoms with Crippen LogP contribution in [0.5, 0.6) is 5.75 Å². The van der Waals surface area contributed by atoms with Gasteiger partial charge in [-0.15, -0.1) is 0 Å². The van der Waals surface area contributed by atoms with Gasteiger partial charge in [0.25, 0.3) is 0 Å². The maximum Gasteiger partial charge on any atom is 0.323 e. The number of nitriles is 1. The summed E-state index contributed by atoms with van der Waals surface area (Å²) in [4.78, 5) is 12.8. The van der Waals surface area contributed by atoms with Gasteiger partial charge >= 0.3 is 5.97 Å². The van der Waals surface area contributed by atoms with E-state index in [1.165, 1.54) is 0 Å². The average Bonchev–Trinajstić information content (AvgIpc) is 2.64. The second kappa shape index (κ2) is 7.26. The molecule has 0 fully saturated rings. The van der Waals surface area contributed by atoms with E-state index in [1.54, 1.807) is 24.3 Å². The molecule has 0 amide bonds. The molecule has 3 aromatic carbocycles. The zero-order valence-corrected chi connectivity index (χ0v) is 12.9. The van der Waals surface area contributed by atoms with Crippen molar-refractivity contribution in [3.05, 3.63) is 102 Å². The lowest BCUT2D eigenvalue weighted by molar-refractivity contribution is -0.135. The number of esters is 1. The van der Waals surface area contributed by atoms with Crippen molar-refractivity contribution in [2.75, 3.05) is 0 Å². The Balaban J connectivity index is 1.90. The van der Waals surface area contributed by atoms with Crippen LogP contribution in [-0.2, 0) is 4.79 Å². The summed E-state index contributed by atoms with van der Waals surface area (Å²) in [5.74, 6) is -0.420. The average molecular weight is 313 g/mol. The number of benzene rings is 3. The van der Waals surface area contributed by atoms with Gasteiger partial charge in [-0.2, -0.15) is 5.26 Å². The summed E-state index contributed by atoms with van der Waals surface area (Å²) in [6, 6.07) is 27.7. The highest BCUT2D eigenvalue weighted by Crippen LogP contribution is 2.27. The van der Waals surface area contributed by atoms with E-state index in [1.807, 2.05) is 66.7 Å². The van der Waals surface area contributed by atoms with Gasteiger partial charge in [-0.05, 0) is 35.4 Å². The highest BCUT2D eigenvalue weighted by Gasteiger charge is 2.24. The molecular weight excluding hydrogens is 298 g/mol. The quantitative estimate of drug-likeness (QED) is 0.533. The molecule has 0 aliphatic rings. The van der Waals surface area contributed by atoms with E-state index < -0.39 is 5.92 Å². The van der Waals surface area contributed by atoms with Crippen LogP contribution in [0.4, 0.5) is 0 Å². The molecule has 3 aromatic rings. The van der Waals surface area contributed by atoms with Gasteiger partial charge in [0, 0.05) is 0 Å². The van der Waals surface area contributed by atoms with E-state index in [-0.39, 0.29) is 5.97 Å². The fraction of sp³-hybridized carbons (Fsp3) is 0.0476. The number of nitrogens with zero attached hydrogens (tertiary/aromatic N) is 1. The lowest BCUT2D eigenvalue weighted by Gasteiger charge is -2.17. The highest BCUT2D eigenvalue weighted by atomic mass is 16.5. The maximum atomic E-state index is 12.8. The van der Waals surface area contributed by atoms with Crippen LogP contribution in [-0.4, -0.2) is 5.97 Å². The summed E-state index contributed by atoms with van der Waals surface area (Å²) in [6.07, 6.45) is 0. The van der Waals surface area contributed by atoms with Gasteiger partial charge in [0.15, 0.2) is 0 Å². The minimum Gasteiger partial charge on any atom is -0.426 e. The van der Waals surface area contributed by atoms with E-state index in [0.29, 0.717) is 11.3 Å². The van der Waals surface area contributed by atoms with Crippen molar-refractivity contribution >= 4 is 5.97 Å². The number of hydrogen-bond acceptors (Lipinski definition) is 3. The minimum absolute atomic E-state index is 0.350. The molecule has 116 valence electrons. The summed E-state index contributed by atoms with van der Waals surface area (Å²) in [7, 11) is 0. The van der Waals surface area contributed by atoms with Crippen LogP contribution in [0.1, 0.15) is 22.6 Å². The molecule has 0 saturated heterocycles. The van der Waals surface area contributed by atoms with E-state index in [9.17, 15) is 4.79 Å². The molecule has 3 nitrogen and oxygen atoms in total. The lowest BCUT2D eigenvalue weighted by atomic mass is 9.91. The van der Waals surface area contributed by atoms with Gasteiger partial charge in [-0.1, -0.05) is 60.7 Å². The van der Waals surface area contributed by atoms with E-state index in [4.69, 9.17) is 10.00 Å². The minimum atomic E-state index is -0.497. The molecule has 0 unspecified atom stereocenters. The molecule has 0 atom stereocenters. The Morgan fingerprint density at radius 2 is 1.29 bits per heavy atom. The van der Waals surface area contributed by atoms with E-state index >= 15 is 0 Å². The van der Waals surface area contributed by atoms with Crippen LogP contribution < -0.4 is 4.74 Å². The molecule has 0 aliphatic heterocycles. The SMILES string of the molecule is N#Cc1ccc(OC(=O)C(c2ccccc2)c2ccccc2)cc1. The summed E-state index contributed by atoms with van der Waals surface area (Å²) in [6.45, 7) is 0. The van der Waals surface area contributed by atoms with Crippen molar-refractivity contribution in [2.24, 2.45) is 0 Å². The maximum absolute atomic E-state index is 12.8. The molecule has 0 heterocycles. The first-order valence-corrected chi connectivity index (χ1v) is 7.59. The topological polar surface area (TPSA) is 50.1 Å². The highest BCUT2D eigenvalue weighted by molar-refractivity contribution is 5.84. The second-order valence-corrected chi connectivity index (χ2v) is 5.31. The number of ether oxygens (including phenoxy) is 1. The molecule has 3 heteroatoms. The van der Waals surface area contributed by atoms with Crippen LogP contribution >= 0.6 is 0 Å². The van der Waals surface area contributed by atoms with Crippen molar-refractivity contribution < 1.29 is 9.53 Å². The van der Waals surface area contributed by atoms with Crippen LogP contribution in [0.2, 0.25) is 0 Å². The van der Waals surface area contributed by atoms with Gasteiger partial charge in [0.1, 0.15) is 11.7 Å². The number of carbonyl (C=O) groups is 1. The molecule has 24 heavy (non-hydrogen) atoms. The van der Waals surface area contributed by atoms with Crippen molar-refractivity contribution in [3.8, 4) is 11.8 Å². The van der Waals surface area contributed by atoms with Gasteiger partial charge in [0.05, 0.1) is 11.6 Å². The zero-order chi connectivity index (χ0) is 16.8.